The van der Waals surface area contributed by atoms with E-state index in [4.69, 9.17) is 9.47 Å². The van der Waals surface area contributed by atoms with Gasteiger partial charge in [0.2, 0.25) is 0 Å². The highest BCUT2D eigenvalue weighted by atomic mass is 16.5. The molecule has 2 aromatic rings. The lowest BCUT2D eigenvalue weighted by atomic mass is 9.86. The minimum absolute atomic E-state index is 0.0780. The van der Waals surface area contributed by atoms with E-state index in [-0.39, 0.29) is 17.5 Å². The van der Waals surface area contributed by atoms with Gasteiger partial charge < -0.3 is 19.7 Å². The van der Waals surface area contributed by atoms with Crippen molar-refractivity contribution >= 4 is 12.3 Å². The van der Waals surface area contributed by atoms with E-state index in [0.717, 1.165) is 65.1 Å². The van der Waals surface area contributed by atoms with Crippen LogP contribution in [-0.4, -0.2) is 62.0 Å². The fourth-order valence-electron chi connectivity index (χ4n) is 5.34. The van der Waals surface area contributed by atoms with Crippen molar-refractivity contribution in [1.29, 1.82) is 0 Å². The number of rotatable bonds is 7. The highest BCUT2D eigenvalue weighted by Gasteiger charge is 2.50. The lowest BCUT2D eigenvalue weighted by molar-refractivity contribution is 0.112. The number of carbonyl (C=O) groups is 2. The number of nitrogens with zero attached hydrogens (tertiary/aromatic N) is 2. The van der Waals surface area contributed by atoms with Gasteiger partial charge in [0.1, 0.15) is 17.8 Å². The summed E-state index contributed by atoms with van der Waals surface area (Å²) in [6.45, 7) is 14.5. The Kier molecular flexibility index (Phi) is 12.0. The summed E-state index contributed by atoms with van der Waals surface area (Å²) in [6.07, 6.45) is 4.90. The van der Waals surface area contributed by atoms with E-state index in [1.54, 1.807) is 20.3 Å². The SMILES string of the molecule is CC.CCN1C(=O)N2Cc3cc(OC)cc(OC)c3C[C@@H](C)/C=C\2C1(C)CCNC.Cc1cccc(C=O)c1. The molecule has 1 N–H and O–H groups in total. The van der Waals surface area contributed by atoms with E-state index in [0.29, 0.717) is 13.1 Å². The Morgan fingerprint density at radius 2 is 1.87 bits per heavy atom. The maximum absolute atomic E-state index is 13.4. The highest BCUT2D eigenvalue weighted by molar-refractivity contribution is 5.82. The van der Waals surface area contributed by atoms with Crippen LogP contribution < -0.4 is 14.8 Å². The molecule has 2 atom stereocenters. The summed E-state index contributed by atoms with van der Waals surface area (Å²) in [4.78, 5) is 27.5. The largest absolute Gasteiger partial charge is 0.497 e. The van der Waals surface area contributed by atoms with Crippen molar-refractivity contribution in [3.8, 4) is 11.5 Å². The molecule has 0 bridgehead atoms. The molecular formula is C32H47N3O4. The lowest BCUT2D eigenvalue weighted by Gasteiger charge is -2.35. The smallest absolute Gasteiger partial charge is 0.325 e. The third-order valence-corrected chi connectivity index (χ3v) is 7.28. The first-order valence-electron chi connectivity index (χ1n) is 13.9. The van der Waals surface area contributed by atoms with Gasteiger partial charge in [-0.2, -0.15) is 0 Å². The maximum atomic E-state index is 13.4. The van der Waals surface area contributed by atoms with Crippen molar-refractivity contribution < 1.29 is 19.1 Å². The van der Waals surface area contributed by atoms with Crippen LogP contribution in [0.2, 0.25) is 0 Å². The molecule has 4 rings (SSSR count). The number of ether oxygens (including phenoxy) is 2. The van der Waals surface area contributed by atoms with Crippen molar-refractivity contribution in [2.75, 3.05) is 34.4 Å². The van der Waals surface area contributed by atoms with Crippen LogP contribution in [0.4, 0.5) is 4.79 Å². The summed E-state index contributed by atoms with van der Waals surface area (Å²) in [5.74, 6) is 1.87. The van der Waals surface area contributed by atoms with Crippen LogP contribution >= 0.6 is 0 Å². The van der Waals surface area contributed by atoms with E-state index >= 15 is 0 Å². The number of hydrogen-bond donors (Lipinski definition) is 1. The van der Waals surface area contributed by atoms with Crippen LogP contribution in [0.1, 0.15) is 68.1 Å². The van der Waals surface area contributed by atoms with Crippen molar-refractivity contribution in [2.24, 2.45) is 5.92 Å². The Labute approximate surface area is 235 Å². The van der Waals surface area contributed by atoms with E-state index in [1.807, 2.05) is 68.0 Å². The molecule has 1 saturated heterocycles. The minimum atomic E-state index is -0.302. The molecule has 2 heterocycles. The normalized spacial score (nSPS) is 21.0. The Hall–Kier alpha value is -3.32. The van der Waals surface area contributed by atoms with E-state index < -0.39 is 0 Å². The first-order valence-corrected chi connectivity index (χ1v) is 13.9. The quantitative estimate of drug-likeness (QED) is 0.424. The third-order valence-electron chi connectivity index (χ3n) is 7.28. The summed E-state index contributed by atoms with van der Waals surface area (Å²) in [6, 6.07) is 11.5. The number of benzene rings is 2. The van der Waals surface area contributed by atoms with Gasteiger partial charge in [-0.1, -0.05) is 50.6 Å². The number of likely N-dealkylation sites (N-methyl/N-ethyl adjacent to an activating group) is 1. The van der Waals surface area contributed by atoms with Crippen molar-refractivity contribution in [1.82, 2.24) is 15.1 Å². The number of methoxy groups -OCH3 is 2. The third kappa shape index (κ3) is 7.21. The summed E-state index contributed by atoms with van der Waals surface area (Å²) in [5.41, 5.74) is 4.94. The molecule has 39 heavy (non-hydrogen) atoms. The molecule has 0 radical (unpaired) electrons. The second kappa shape index (κ2) is 14.7. The molecule has 0 spiro atoms. The number of carbonyl (C=O) groups excluding carboxylic acids is 2. The molecule has 2 aromatic carbocycles. The zero-order valence-corrected chi connectivity index (χ0v) is 25.3. The minimum Gasteiger partial charge on any atom is -0.497 e. The van der Waals surface area contributed by atoms with Gasteiger partial charge >= 0.3 is 6.03 Å². The number of aryl methyl sites for hydroxylation is 1. The summed E-state index contributed by atoms with van der Waals surface area (Å²) in [5, 5.41) is 3.24. The van der Waals surface area contributed by atoms with Gasteiger partial charge in [-0.15, -0.1) is 0 Å². The maximum Gasteiger partial charge on any atom is 0.325 e. The molecule has 1 unspecified atom stereocenters. The predicted octanol–water partition coefficient (Wildman–Crippen LogP) is 6.24. The predicted molar refractivity (Wildman–Crippen MR) is 159 cm³/mol. The fourth-order valence-corrected chi connectivity index (χ4v) is 5.34. The number of allylic oxidation sites excluding steroid dienone is 1. The summed E-state index contributed by atoms with van der Waals surface area (Å²) >= 11 is 0. The number of fused-ring (bicyclic) bond motifs is 2. The second-order valence-corrected chi connectivity index (χ2v) is 9.97. The van der Waals surface area contributed by atoms with Crippen LogP contribution in [0.5, 0.6) is 11.5 Å². The molecule has 7 nitrogen and oxygen atoms in total. The van der Waals surface area contributed by atoms with Gasteiger partial charge in [-0.05, 0) is 76.4 Å². The van der Waals surface area contributed by atoms with Crippen molar-refractivity contribution in [3.63, 3.8) is 0 Å². The molecule has 2 aliphatic heterocycles. The number of hydrogen-bond acceptors (Lipinski definition) is 5. The Morgan fingerprint density at radius 1 is 1.15 bits per heavy atom. The molecule has 0 saturated carbocycles. The number of amides is 2. The van der Waals surface area contributed by atoms with Gasteiger partial charge in [-0.25, -0.2) is 4.79 Å². The summed E-state index contributed by atoms with van der Waals surface area (Å²) in [7, 11) is 5.30. The fraction of sp³-hybridized carbons (Fsp3) is 0.500. The van der Waals surface area contributed by atoms with E-state index in [2.05, 4.69) is 32.2 Å². The molecule has 0 aliphatic carbocycles. The zero-order chi connectivity index (χ0) is 29.2. The molecule has 214 valence electrons. The molecular weight excluding hydrogens is 490 g/mol. The van der Waals surface area contributed by atoms with Gasteiger partial charge in [0.05, 0.1) is 26.3 Å². The van der Waals surface area contributed by atoms with Gasteiger partial charge in [-0.3, -0.25) is 9.69 Å². The number of urea groups is 1. The zero-order valence-electron chi connectivity index (χ0n) is 25.3. The number of aldehydes is 1. The highest BCUT2D eigenvalue weighted by Crippen LogP contribution is 2.43. The monoisotopic (exact) mass is 537 g/mol. The average molecular weight is 538 g/mol. The topological polar surface area (TPSA) is 71.1 Å². The second-order valence-electron chi connectivity index (χ2n) is 9.97. The van der Waals surface area contributed by atoms with E-state index in [1.165, 1.54) is 0 Å². The van der Waals surface area contributed by atoms with E-state index in [9.17, 15) is 9.59 Å². The van der Waals surface area contributed by atoms with Crippen LogP contribution in [0.25, 0.3) is 0 Å². The van der Waals surface area contributed by atoms with Crippen LogP contribution in [-0.2, 0) is 13.0 Å². The van der Waals surface area contributed by atoms with Crippen LogP contribution in [0, 0.1) is 12.8 Å². The van der Waals surface area contributed by atoms with Gasteiger partial charge in [0.25, 0.3) is 0 Å². The first-order chi connectivity index (χ1) is 18.7. The van der Waals surface area contributed by atoms with Crippen molar-refractivity contribution in [3.05, 3.63) is 70.4 Å². The van der Waals surface area contributed by atoms with Gasteiger partial charge in [0, 0.05) is 23.9 Å². The molecule has 7 heteroatoms. The van der Waals surface area contributed by atoms with Crippen LogP contribution in [0.15, 0.2) is 48.2 Å². The molecule has 1 fully saturated rings. The molecule has 0 aromatic heterocycles. The Balaban J connectivity index is 0.000000407. The number of nitrogens with one attached hydrogen (secondary N) is 1. The van der Waals surface area contributed by atoms with Crippen LogP contribution in [0.3, 0.4) is 0 Å². The Bertz CT molecular complexity index is 1150. The summed E-state index contributed by atoms with van der Waals surface area (Å²) < 4.78 is 11.1. The Morgan fingerprint density at radius 3 is 2.41 bits per heavy atom. The molecule has 2 aliphatic rings. The van der Waals surface area contributed by atoms with Crippen molar-refractivity contribution in [2.45, 2.75) is 66.5 Å². The average Bonchev–Trinajstić information content (AvgIpc) is 3.13. The lowest BCUT2D eigenvalue weighted by Crippen LogP contribution is -2.45. The first kappa shape index (κ1) is 31.9. The molecule has 2 amide bonds. The standard InChI is InChI=1S/C22H33N3O3.C8H8O.C2H6/c1-7-25-21(26)24-14-16-12-17(27-5)13-19(28-6)18(16)10-15(2)11-20(24)22(25,3)8-9-23-4;1-7-3-2-4-8(5-7)6-9;1-2/h11-13,15,23H,7-10,14H2,1-6H3;2-6H,1H3;1-2H3/b20-11-;;/t15-,22?;;/m1../s1. The van der Waals surface area contributed by atoms with Gasteiger partial charge in [0.15, 0.2) is 0 Å².